The van der Waals surface area contributed by atoms with E-state index in [0.717, 1.165) is 24.5 Å². The molecule has 1 aromatic rings. The van der Waals surface area contributed by atoms with E-state index >= 15 is 0 Å². The summed E-state index contributed by atoms with van der Waals surface area (Å²) in [7, 11) is -7.97. The molecule has 6 nitrogen and oxygen atoms in total. The van der Waals surface area contributed by atoms with Crippen LogP contribution in [-0.2, 0) is 19.9 Å². The average molecular weight is 320 g/mol. The highest BCUT2D eigenvalue weighted by atomic mass is 32.2. The van der Waals surface area contributed by atoms with Crippen LogP contribution < -0.4 is 4.72 Å². The van der Waals surface area contributed by atoms with Gasteiger partial charge in [-0.1, -0.05) is 6.92 Å². The van der Waals surface area contributed by atoms with Gasteiger partial charge in [0.2, 0.25) is 10.0 Å². The second kappa shape index (κ2) is 5.87. The summed E-state index contributed by atoms with van der Waals surface area (Å²) >= 11 is 0. The van der Waals surface area contributed by atoms with Crippen LogP contribution in [0.15, 0.2) is 28.0 Å². The molecule has 1 aromatic carbocycles. The Bertz CT molecular complexity index is 751. The number of hydrogen-bond donors (Lipinski definition) is 1. The summed E-state index contributed by atoms with van der Waals surface area (Å²) in [5.74, 6) is -1.09. The Morgan fingerprint density at radius 2 is 1.95 bits per heavy atom. The number of benzene rings is 1. The minimum absolute atomic E-state index is 0.198. The molecule has 1 rings (SSSR count). The lowest BCUT2D eigenvalue weighted by Crippen LogP contribution is -2.33. The van der Waals surface area contributed by atoms with Crippen molar-refractivity contribution in [1.29, 1.82) is 5.26 Å². The number of halogens is 1. The zero-order valence-corrected chi connectivity index (χ0v) is 12.4. The van der Waals surface area contributed by atoms with Crippen molar-refractivity contribution in [2.75, 3.05) is 6.26 Å². The molecule has 9 heteroatoms. The average Bonchev–Trinajstić information content (AvgIpc) is 2.34. The SMILES string of the molecule is CCC(C#N)NS(=O)(=O)c1cc(S(C)(=O)=O)ccc1F. The van der Waals surface area contributed by atoms with Gasteiger partial charge in [0.1, 0.15) is 16.8 Å². The lowest BCUT2D eigenvalue weighted by atomic mass is 10.3. The largest absolute Gasteiger partial charge is 0.244 e. The van der Waals surface area contributed by atoms with Crippen molar-refractivity contribution in [1.82, 2.24) is 4.72 Å². The van der Waals surface area contributed by atoms with E-state index in [0.29, 0.717) is 0 Å². The van der Waals surface area contributed by atoms with Crippen LogP contribution in [0.5, 0.6) is 0 Å². The summed E-state index contributed by atoms with van der Waals surface area (Å²) in [6.07, 6.45) is 1.08. The number of sulfonamides is 1. The summed E-state index contributed by atoms with van der Waals surface area (Å²) in [5, 5.41) is 8.72. The lowest BCUT2D eigenvalue weighted by Gasteiger charge is -2.11. The summed E-state index contributed by atoms with van der Waals surface area (Å²) in [5.41, 5.74) is 0. The van der Waals surface area contributed by atoms with E-state index in [4.69, 9.17) is 5.26 Å². The maximum absolute atomic E-state index is 13.6. The molecule has 0 bridgehead atoms. The Morgan fingerprint density at radius 3 is 2.40 bits per heavy atom. The lowest BCUT2D eigenvalue weighted by molar-refractivity contribution is 0.547. The molecule has 0 aliphatic rings. The third-order valence-electron chi connectivity index (χ3n) is 2.48. The number of sulfone groups is 1. The molecule has 0 saturated heterocycles. The molecule has 0 fully saturated rings. The monoisotopic (exact) mass is 320 g/mol. The van der Waals surface area contributed by atoms with Crippen LogP contribution in [0.3, 0.4) is 0 Å². The van der Waals surface area contributed by atoms with Gasteiger partial charge in [-0.25, -0.2) is 21.2 Å². The first-order valence-corrected chi connectivity index (χ1v) is 8.91. The number of hydrogen-bond acceptors (Lipinski definition) is 5. The van der Waals surface area contributed by atoms with Crippen molar-refractivity contribution in [3.8, 4) is 6.07 Å². The Morgan fingerprint density at radius 1 is 1.35 bits per heavy atom. The summed E-state index contributed by atoms with van der Waals surface area (Å²) < 4.78 is 62.3. The summed E-state index contributed by atoms with van der Waals surface area (Å²) in [4.78, 5) is -1.11. The fourth-order valence-electron chi connectivity index (χ4n) is 1.37. The number of nitrogens with one attached hydrogen (secondary N) is 1. The molecule has 0 heterocycles. The standard InChI is InChI=1S/C11H13FN2O4S2/c1-3-8(7-13)14-20(17,18)11-6-9(19(2,15)16)4-5-10(11)12/h4-6,8,14H,3H2,1-2H3. The highest BCUT2D eigenvalue weighted by Crippen LogP contribution is 2.20. The van der Waals surface area contributed by atoms with Crippen LogP contribution >= 0.6 is 0 Å². The normalized spacial score (nSPS) is 13.7. The maximum Gasteiger partial charge on any atom is 0.244 e. The van der Waals surface area contributed by atoms with Gasteiger partial charge in [-0.2, -0.15) is 9.98 Å². The van der Waals surface area contributed by atoms with Gasteiger partial charge in [0, 0.05) is 6.26 Å². The first-order chi connectivity index (χ1) is 9.11. The molecule has 110 valence electrons. The van der Waals surface area contributed by atoms with Gasteiger partial charge in [-0.3, -0.25) is 0 Å². The van der Waals surface area contributed by atoms with E-state index in [1.807, 2.05) is 4.72 Å². The summed E-state index contributed by atoms with van der Waals surface area (Å²) in [6.45, 7) is 1.58. The fraction of sp³-hybridized carbons (Fsp3) is 0.364. The second-order valence-corrected chi connectivity index (χ2v) is 7.77. The third kappa shape index (κ3) is 3.75. The van der Waals surface area contributed by atoms with E-state index in [1.54, 1.807) is 13.0 Å². The molecular formula is C11H13FN2O4S2. The zero-order chi connectivity index (χ0) is 15.6. The number of nitriles is 1. The highest BCUT2D eigenvalue weighted by molar-refractivity contribution is 7.91. The van der Waals surface area contributed by atoms with Crippen molar-refractivity contribution in [2.24, 2.45) is 0 Å². The Labute approximate surface area is 117 Å². The summed E-state index contributed by atoms with van der Waals surface area (Å²) in [6, 6.07) is 3.17. The van der Waals surface area contributed by atoms with Gasteiger partial charge >= 0.3 is 0 Å². The van der Waals surface area contributed by atoms with Gasteiger partial charge in [-0.05, 0) is 24.6 Å². The zero-order valence-electron chi connectivity index (χ0n) is 10.8. The molecule has 0 amide bonds. The molecule has 1 unspecified atom stereocenters. The van der Waals surface area contributed by atoms with Crippen molar-refractivity contribution in [3.05, 3.63) is 24.0 Å². The van der Waals surface area contributed by atoms with E-state index in [-0.39, 0.29) is 11.3 Å². The van der Waals surface area contributed by atoms with E-state index < -0.39 is 36.6 Å². The smallest absolute Gasteiger partial charge is 0.224 e. The van der Waals surface area contributed by atoms with Crippen LogP contribution in [0.2, 0.25) is 0 Å². The van der Waals surface area contributed by atoms with E-state index in [9.17, 15) is 21.2 Å². The van der Waals surface area contributed by atoms with Crippen LogP contribution in [-0.4, -0.2) is 29.1 Å². The minimum Gasteiger partial charge on any atom is -0.224 e. The molecule has 0 radical (unpaired) electrons. The van der Waals surface area contributed by atoms with Crippen LogP contribution in [0.25, 0.3) is 0 Å². The Balaban J connectivity index is 3.36. The van der Waals surface area contributed by atoms with Gasteiger partial charge in [0.05, 0.1) is 11.0 Å². The van der Waals surface area contributed by atoms with Crippen LogP contribution in [0.4, 0.5) is 4.39 Å². The molecule has 1 atom stereocenters. The van der Waals surface area contributed by atoms with Crippen molar-refractivity contribution in [2.45, 2.75) is 29.2 Å². The molecule has 0 spiro atoms. The van der Waals surface area contributed by atoms with Gasteiger partial charge in [-0.15, -0.1) is 0 Å². The van der Waals surface area contributed by atoms with Crippen molar-refractivity contribution in [3.63, 3.8) is 0 Å². The molecule has 20 heavy (non-hydrogen) atoms. The molecule has 0 aliphatic carbocycles. The van der Waals surface area contributed by atoms with E-state index in [1.165, 1.54) is 0 Å². The predicted molar refractivity (Wildman–Crippen MR) is 69.5 cm³/mol. The second-order valence-electron chi connectivity index (χ2n) is 4.08. The highest BCUT2D eigenvalue weighted by Gasteiger charge is 2.24. The van der Waals surface area contributed by atoms with Gasteiger partial charge in [0.25, 0.3) is 0 Å². The third-order valence-corrected chi connectivity index (χ3v) is 5.08. The quantitative estimate of drug-likeness (QED) is 0.808. The molecule has 0 saturated carbocycles. The van der Waals surface area contributed by atoms with Crippen molar-refractivity contribution < 1.29 is 21.2 Å². The van der Waals surface area contributed by atoms with Crippen LogP contribution in [0, 0.1) is 17.1 Å². The minimum atomic E-state index is -4.31. The molecule has 1 N–H and O–H groups in total. The Hall–Kier alpha value is -1.50. The molecule has 0 aliphatic heterocycles. The fourth-order valence-corrected chi connectivity index (χ4v) is 3.42. The predicted octanol–water partition coefficient (Wildman–Crippen LogP) is 0.810. The van der Waals surface area contributed by atoms with E-state index in [2.05, 4.69) is 0 Å². The molecule has 0 aromatic heterocycles. The van der Waals surface area contributed by atoms with Gasteiger partial charge < -0.3 is 0 Å². The number of nitrogens with zero attached hydrogens (tertiary/aromatic N) is 1. The van der Waals surface area contributed by atoms with Crippen LogP contribution in [0.1, 0.15) is 13.3 Å². The Kier molecular flexibility index (Phi) is 4.86. The van der Waals surface area contributed by atoms with Crippen molar-refractivity contribution >= 4 is 19.9 Å². The number of rotatable bonds is 5. The van der Waals surface area contributed by atoms with Gasteiger partial charge in [0.15, 0.2) is 9.84 Å². The first kappa shape index (κ1) is 16.6. The first-order valence-electron chi connectivity index (χ1n) is 5.53. The topological polar surface area (TPSA) is 104 Å². The maximum atomic E-state index is 13.6. The molecular weight excluding hydrogens is 307 g/mol.